The van der Waals surface area contributed by atoms with E-state index in [4.69, 9.17) is 46.4 Å². The number of aromatic nitrogens is 1. The second-order valence-electron chi connectivity index (χ2n) is 6.19. The number of aromatic amines is 1. The molecular weight excluding hydrogens is 418 g/mol. The molecule has 1 aliphatic rings. The quantitative estimate of drug-likeness (QED) is 0.506. The topological polar surface area (TPSA) is 65.1 Å². The van der Waals surface area contributed by atoms with Crippen LogP contribution in [0.5, 0.6) is 0 Å². The van der Waals surface area contributed by atoms with Gasteiger partial charge in [-0.05, 0) is 35.4 Å². The van der Waals surface area contributed by atoms with Gasteiger partial charge in [0.25, 0.3) is 0 Å². The number of aliphatic carboxylic acids is 1. The molecule has 0 saturated carbocycles. The van der Waals surface area contributed by atoms with E-state index in [1.165, 1.54) is 0 Å². The molecular formula is C18H12Cl4N2O2. The molecule has 0 bridgehead atoms. The van der Waals surface area contributed by atoms with Gasteiger partial charge in [-0.3, -0.25) is 10.1 Å². The van der Waals surface area contributed by atoms with Crippen LogP contribution in [0.25, 0.3) is 10.9 Å². The number of carboxylic acids is 1. The predicted octanol–water partition coefficient (Wildman–Crippen LogP) is 5.47. The first-order valence-electron chi connectivity index (χ1n) is 7.78. The lowest BCUT2D eigenvalue weighted by atomic mass is 9.90. The summed E-state index contributed by atoms with van der Waals surface area (Å²) in [5.41, 5.74) is 3.28. The maximum atomic E-state index is 11.7. The summed E-state index contributed by atoms with van der Waals surface area (Å²) in [5, 5.41) is 15.4. The van der Waals surface area contributed by atoms with Gasteiger partial charge in [0.05, 0.1) is 16.1 Å². The van der Waals surface area contributed by atoms with Crippen molar-refractivity contribution in [1.29, 1.82) is 0 Å². The molecule has 0 saturated heterocycles. The zero-order valence-corrected chi connectivity index (χ0v) is 16.1. The maximum Gasteiger partial charge on any atom is 0.321 e. The number of fused-ring (bicyclic) bond motifs is 3. The Morgan fingerprint density at radius 3 is 2.46 bits per heavy atom. The lowest BCUT2D eigenvalue weighted by molar-refractivity contribution is -0.139. The van der Waals surface area contributed by atoms with Crippen LogP contribution in [-0.4, -0.2) is 22.1 Å². The molecule has 3 N–H and O–H groups in total. The number of carboxylic acid groups (broad SMARTS) is 1. The molecule has 0 unspecified atom stereocenters. The Morgan fingerprint density at radius 1 is 1.04 bits per heavy atom. The second kappa shape index (κ2) is 6.63. The van der Waals surface area contributed by atoms with Gasteiger partial charge in [-0.1, -0.05) is 52.5 Å². The van der Waals surface area contributed by atoms with Gasteiger partial charge in [0.2, 0.25) is 0 Å². The first-order chi connectivity index (χ1) is 12.3. The largest absolute Gasteiger partial charge is 0.480 e. The molecule has 134 valence electrons. The van der Waals surface area contributed by atoms with Crippen LogP contribution < -0.4 is 5.32 Å². The predicted molar refractivity (Wildman–Crippen MR) is 105 cm³/mol. The number of hydrogen-bond donors (Lipinski definition) is 3. The Hall–Kier alpha value is -1.43. The Kier molecular flexibility index (Phi) is 4.58. The minimum absolute atomic E-state index is 0.324. The number of carbonyl (C=O) groups is 1. The summed E-state index contributed by atoms with van der Waals surface area (Å²) in [6, 6.07) is 7.49. The van der Waals surface area contributed by atoms with Crippen molar-refractivity contribution in [2.24, 2.45) is 0 Å². The third kappa shape index (κ3) is 2.96. The van der Waals surface area contributed by atoms with E-state index in [9.17, 15) is 9.90 Å². The van der Waals surface area contributed by atoms with Gasteiger partial charge in [-0.15, -0.1) is 0 Å². The van der Waals surface area contributed by atoms with Gasteiger partial charge in [0.1, 0.15) is 6.04 Å². The Morgan fingerprint density at radius 2 is 1.77 bits per heavy atom. The summed E-state index contributed by atoms with van der Waals surface area (Å²) in [5.74, 6) is -0.930. The molecule has 0 radical (unpaired) electrons. The highest BCUT2D eigenvalue weighted by molar-refractivity contribution is 6.42. The average Bonchev–Trinajstić information content (AvgIpc) is 2.92. The van der Waals surface area contributed by atoms with E-state index < -0.39 is 18.1 Å². The summed E-state index contributed by atoms with van der Waals surface area (Å²) >= 11 is 24.7. The molecule has 2 heterocycles. The summed E-state index contributed by atoms with van der Waals surface area (Å²) in [6.07, 6.45) is 0.324. The molecule has 0 amide bonds. The summed E-state index contributed by atoms with van der Waals surface area (Å²) in [7, 11) is 0. The highest BCUT2D eigenvalue weighted by atomic mass is 35.5. The van der Waals surface area contributed by atoms with Crippen LogP contribution in [0, 0.1) is 0 Å². The highest BCUT2D eigenvalue weighted by Crippen LogP contribution is 2.40. The van der Waals surface area contributed by atoms with Crippen molar-refractivity contribution in [3.8, 4) is 0 Å². The third-order valence-corrected chi connectivity index (χ3v) is 5.90. The molecule has 0 fully saturated rings. The van der Waals surface area contributed by atoms with E-state index in [1.807, 2.05) is 0 Å². The lowest BCUT2D eigenvalue weighted by Gasteiger charge is -2.30. The van der Waals surface area contributed by atoms with E-state index in [0.29, 0.717) is 26.5 Å². The Bertz CT molecular complexity index is 1050. The third-order valence-electron chi connectivity index (χ3n) is 4.62. The van der Waals surface area contributed by atoms with Gasteiger partial charge >= 0.3 is 5.97 Å². The molecule has 4 rings (SSSR count). The SMILES string of the molecule is O=C(O)[C@@H]1Cc2c([nH]c3cc(Cl)c(Cl)cc23)[C@@H](c2ccc(Cl)cc2Cl)N1. The van der Waals surface area contributed by atoms with Crippen LogP contribution in [0.4, 0.5) is 0 Å². The molecule has 2 aromatic carbocycles. The van der Waals surface area contributed by atoms with Crippen LogP contribution in [0.2, 0.25) is 20.1 Å². The van der Waals surface area contributed by atoms with Gasteiger partial charge in [-0.25, -0.2) is 0 Å². The fourth-order valence-corrected chi connectivity index (χ4v) is 4.26. The van der Waals surface area contributed by atoms with Crippen LogP contribution >= 0.6 is 46.4 Å². The molecule has 8 heteroatoms. The molecule has 1 aromatic heterocycles. The molecule has 2 atom stereocenters. The molecule has 1 aliphatic heterocycles. The highest BCUT2D eigenvalue weighted by Gasteiger charge is 2.34. The molecule has 3 aromatic rings. The van der Waals surface area contributed by atoms with E-state index in [-0.39, 0.29) is 0 Å². The maximum absolute atomic E-state index is 11.7. The zero-order chi connectivity index (χ0) is 18.6. The fraction of sp³-hybridized carbons (Fsp3) is 0.167. The number of nitrogens with one attached hydrogen (secondary N) is 2. The first kappa shape index (κ1) is 18.0. The average molecular weight is 430 g/mol. The van der Waals surface area contributed by atoms with Gasteiger partial charge < -0.3 is 10.1 Å². The minimum Gasteiger partial charge on any atom is -0.480 e. The van der Waals surface area contributed by atoms with Crippen molar-refractivity contribution in [2.45, 2.75) is 18.5 Å². The van der Waals surface area contributed by atoms with Gasteiger partial charge in [0, 0.05) is 33.1 Å². The minimum atomic E-state index is -0.930. The summed E-state index contributed by atoms with van der Waals surface area (Å²) in [6.45, 7) is 0. The molecule has 0 aliphatic carbocycles. The lowest BCUT2D eigenvalue weighted by Crippen LogP contribution is -2.45. The number of halogens is 4. The fourth-order valence-electron chi connectivity index (χ4n) is 3.42. The van der Waals surface area contributed by atoms with Crippen LogP contribution in [0.15, 0.2) is 30.3 Å². The van der Waals surface area contributed by atoms with Crippen molar-refractivity contribution in [2.75, 3.05) is 0 Å². The summed E-state index contributed by atoms with van der Waals surface area (Å²) < 4.78 is 0. The first-order valence-corrected chi connectivity index (χ1v) is 9.29. The van der Waals surface area contributed by atoms with E-state index in [1.54, 1.807) is 30.3 Å². The summed E-state index contributed by atoms with van der Waals surface area (Å²) in [4.78, 5) is 15.0. The number of benzene rings is 2. The van der Waals surface area contributed by atoms with Gasteiger partial charge in [0.15, 0.2) is 0 Å². The van der Waals surface area contributed by atoms with Crippen LogP contribution in [0.1, 0.15) is 22.9 Å². The van der Waals surface area contributed by atoms with E-state index >= 15 is 0 Å². The second-order valence-corrected chi connectivity index (χ2v) is 7.85. The molecule has 0 spiro atoms. The van der Waals surface area contributed by atoms with Crippen LogP contribution in [-0.2, 0) is 11.2 Å². The van der Waals surface area contributed by atoms with E-state index in [0.717, 1.165) is 27.7 Å². The van der Waals surface area contributed by atoms with Crippen molar-refractivity contribution in [3.05, 3.63) is 67.2 Å². The van der Waals surface area contributed by atoms with Crippen LogP contribution in [0.3, 0.4) is 0 Å². The smallest absolute Gasteiger partial charge is 0.321 e. The van der Waals surface area contributed by atoms with E-state index in [2.05, 4.69) is 10.3 Å². The molecule has 4 nitrogen and oxygen atoms in total. The zero-order valence-electron chi connectivity index (χ0n) is 13.1. The number of rotatable bonds is 2. The Balaban J connectivity index is 1.95. The molecule has 26 heavy (non-hydrogen) atoms. The van der Waals surface area contributed by atoms with Crippen molar-refractivity contribution < 1.29 is 9.90 Å². The Labute approximate surface area is 169 Å². The van der Waals surface area contributed by atoms with Crippen molar-refractivity contribution in [3.63, 3.8) is 0 Å². The normalized spacial score (nSPS) is 19.5. The standard InChI is InChI=1S/C18H12Cl4N2O2/c19-7-1-2-8(11(20)3-7)16-17-10(5-15(24-16)18(25)26)9-4-12(21)13(22)6-14(9)23-17/h1-4,6,15-16,23-24H,5H2,(H,25,26)/t15-,16+/m0/s1. The monoisotopic (exact) mass is 428 g/mol. The van der Waals surface area contributed by atoms with Crippen molar-refractivity contribution in [1.82, 2.24) is 10.3 Å². The number of H-pyrrole nitrogens is 1. The van der Waals surface area contributed by atoms with Gasteiger partial charge in [-0.2, -0.15) is 0 Å². The number of hydrogen-bond acceptors (Lipinski definition) is 2. The van der Waals surface area contributed by atoms with Crippen molar-refractivity contribution >= 4 is 63.3 Å².